The molecule has 1 aromatic heterocycles. The van der Waals surface area contributed by atoms with E-state index in [1.807, 2.05) is 29.6 Å². The second-order valence-electron chi connectivity index (χ2n) is 3.01. The van der Waals surface area contributed by atoms with Crippen molar-refractivity contribution in [2.45, 2.75) is 6.54 Å². The van der Waals surface area contributed by atoms with Crippen molar-refractivity contribution in [2.24, 2.45) is 0 Å². The zero-order chi connectivity index (χ0) is 10.5. The molecule has 0 aliphatic rings. The van der Waals surface area contributed by atoms with Crippen molar-refractivity contribution in [3.8, 4) is 5.75 Å². The van der Waals surface area contributed by atoms with Crippen LogP contribution in [0.1, 0.15) is 5.69 Å². The van der Waals surface area contributed by atoms with Gasteiger partial charge in [-0.25, -0.2) is 4.98 Å². The number of rotatable bonds is 4. The normalized spacial score (nSPS) is 9.93. The minimum atomic E-state index is 0.729. The highest BCUT2D eigenvalue weighted by Crippen LogP contribution is 2.15. The van der Waals surface area contributed by atoms with Gasteiger partial charge in [0.1, 0.15) is 5.75 Å². The van der Waals surface area contributed by atoms with E-state index in [2.05, 4.69) is 15.8 Å². The van der Waals surface area contributed by atoms with Crippen LogP contribution in [0.5, 0.6) is 5.75 Å². The summed E-state index contributed by atoms with van der Waals surface area (Å²) in [6.45, 7) is 0.729. The number of methoxy groups -OCH3 is 1. The Morgan fingerprint density at radius 1 is 1.40 bits per heavy atom. The minimum absolute atomic E-state index is 0.729. The number of nitrogens with one attached hydrogen (secondary N) is 1. The molecule has 0 saturated carbocycles. The first kappa shape index (κ1) is 9.98. The minimum Gasteiger partial charge on any atom is -0.497 e. The molecule has 1 aromatic carbocycles. The second-order valence-corrected chi connectivity index (χ2v) is 3.67. The summed E-state index contributed by atoms with van der Waals surface area (Å²) < 4.78 is 5.08. The average Bonchev–Trinajstić information content (AvgIpc) is 2.80. The van der Waals surface area contributed by atoms with Crippen LogP contribution >= 0.6 is 11.3 Å². The molecule has 0 amide bonds. The van der Waals surface area contributed by atoms with Gasteiger partial charge in [0.25, 0.3) is 0 Å². The van der Waals surface area contributed by atoms with Crippen LogP contribution in [0.15, 0.2) is 29.6 Å². The van der Waals surface area contributed by atoms with E-state index in [0.717, 1.165) is 23.7 Å². The van der Waals surface area contributed by atoms with Crippen LogP contribution in [0.3, 0.4) is 0 Å². The fourth-order valence-corrected chi connectivity index (χ4v) is 1.68. The quantitative estimate of drug-likeness (QED) is 0.858. The molecule has 0 spiro atoms. The molecule has 0 fully saturated rings. The second kappa shape index (κ2) is 4.79. The highest BCUT2D eigenvalue weighted by molar-refractivity contribution is 7.07. The first-order valence-corrected chi connectivity index (χ1v) is 5.45. The summed E-state index contributed by atoms with van der Waals surface area (Å²) in [6.07, 6.45) is 0. The Hall–Kier alpha value is -1.55. The zero-order valence-corrected chi connectivity index (χ0v) is 9.17. The summed E-state index contributed by atoms with van der Waals surface area (Å²) in [5, 5.41) is 5.25. The molecule has 0 unspecified atom stereocenters. The Kier molecular flexibility index (Phi) is 3.19. The van der Waals surface area contributed by atoms with Gasteiger partial charge in [-0.1, -0.05) is 0 Å². The highest BCUT2D eigenvalue weighted by atomic mass is 32.1. The molecule has 0 bridgehead atoms. The molecule has 1 heterocycles. The van der Waals surface area contributed by atoms with Crippen LogP contribution in [-0.2, 0) is 6.54 Å². The van der Waals surface area contributed by atoms with E-state index in [1.54, 1.807) is 7.11 Å². The van der Waals surface area contributed by atoms with Gasteiger partial charge in [-0.15, -0.1) is 11.3 Å². The Morgan fingerprint density at radius 2 is 2.20 bits per heavy atom. The Morgan fingerprint density at radius 3 is 2.80 bits per heavy atom. The molecule has 0 aliphatic heterocycles. The zero-order valence-electron chi connectivity index (χ0n) is 8.36. The maximum absolute atomic E-state index is 5.08. The van der Waals surface area contributed by atoms with Gasteiger partial charge in [0.2, 0.25) is 0 Å². The lowest BCUT2D eigenvalue weighted by atomic mass is 10.3. The summed E-state index contributed by atoms with van der Waals surface area (Å²) in [4.78, 5) is 4.07. The molecule has 3 nitrogen and oxygen atoms in total. The van der Waals surface area contributed by atoms with Crippen molar-refractivity contribution < 1.29 is 4.74 Å². The molecule has 1 radical (unpaired) electrons. The van der Waals surface area contributed by atoms with Crippen molar-refractivity contribution in [1.82, 2.24) is 4.98 Å². The van der Waals surface area contributed by atoms with Gasteiger partial charge < -0.3 is 10.1 Å². The molecule has 0 atom stereocenters. The monoisotopic (exact) mass is 219 g/mol. The van der Waals surface area contributed by atoms with Crippen molar-refractivity contribution in [3.05, 3.63) is 40.8 Å². The highest BCUT2D eigenvalue weighted by Gasteiger charge is 1.96. The van der Waals surface area contributed by atoms with Gasteiger partial charge in [0.15, 0.2) is 5.51 Å². The molecule has 15 heavy (non-hydrogen) atoms. The van der Waals surface area contributed by atoms with Crippen molar-refractivity contribution >= 4 is 17.0 Å². The van der Waals surface area contributed by atoms with E-state index >= 15 is 0 Å². The smallest absolute Gasteiger partial charge is 0.152 e. The first-order chi connectivity index (χ1) is 7.38. The van der Waals surface area contributed by atoms with E-state index in [4.69, 9.17) is 4.74 Å². The van der Waals surface area contributed by atoms with Gasteiger partial charge >= 0.3 is 0 Å². The number of hydrogen-bond acceptors (Lipinski definition) is 4. The van der Waals surface area contributed by atoms with Crippen LogP contribution in [0, 0.1) is 5.51 Å². The lowest BCUT2D eigenvalue weighted by Gasteiger charge is -2.05. The summed E-state index contributed by atoms with van der Waals surface area (Å²) in [5.41, 5.74) is 4.89. The Balaban J connectivity index is 1.93. The third-order valence-electron chi connectivity index (χ3n) is 2.00. The van der Waals surface area contributed by atoms with E-state index in [-0.39, 0.29) is 0 Å². The number of nitrogens with zero attached hydrogens (tertiary/aromatic N) is 1. The van der Waals surface area contributed by atoms with Crippen LogP contribution < -0.4 is 10.1 Å². The number of hydrogen-bond donors (Lipinski definition) is 1. The third kappa shape index (κ3) is 2.70. The fraction of sp³-hybridized carbons (Fsp3) is 0.182. The van der Waals surface area contributed by atoms with Crippen LogP contribution in [0.2, 0.25) is 0 Å². The van der Waals surface area contributed by atoms with E-state index in [0.29, 0.717) is 0 Å². The molecule has 4 heteroatoms. The average molecular weight is 219 g/mol. The summed E-state index contributed by atoms with van der Waals surface area (Å²) >= 11 is 1.48. The van der Waals surface area contributed by atoms with E-state index in [9.17, 15) is 0 Å². The predicted molar refractivity (Wildman–Crippen MR) is 61.3 cm³/mol. The lowest BCUT2D eigenvalue weighted by Crippen LogP contribution is -1.99. The number of aromatic nitrogens is 1. The van der Waals surface area contributed by atoms with Crippen molar-refractivity contribution in [1.29, 1.82) is 0 Å². The summed E-state index contributed by atoms with van der Waals surface area (Å²) in [6, 6.07) is 7.81. The maximum atomic E-state index is 5.08. The number of thiazole rings is 1. The standard InChI is InChI=1S/C11H11N2OS/c1-14-11-4-2-9(3-5-11)12-6-10-7-15-8-13-10/h2-5,7,12H,6H2,1H3. The van der Waals surface area contributed by atoms with E-state index < -0.39 is 0 Å². The number of ether oxygens (including phenoxy) is 1. The maximum Gasteiger partial charge on any atom is 0.152 e. The molecule has 77 valence electrons. The lowest BCUT2D eigenvalue weighted by molar-refractivity contribution is 0.415. The number of anilines is 1. The van der Waals surface area contributed by atoms with Gasteiger partial charge in [0.05, 0.1) is 19.3 Å². The predicted octanol–water partition coefficient (Wildman–Crippen LogP) is 2.56. The molecule has 0 saturated heterocycles. The van der Waals surface area contributed by atoms with Crippen LogP contribution in [0.25, 0.3) is 0 Å². The Labute approximate surface area is 92.7 Å². The molecular formula is C11H11N2OS. The molecule has 0 aliphatic carbocycles. The van der Waals surface area contributed by atoms with Gasteiger partial charge in [-0.2, -0.15) is 0 Å². The van der Waals surface area contributed by atoms with Crippen molar-refractivity contribution in [3.63, 3.8) is 0 Å². The molecule has 2 aromatic rings. The van der Waals surface area contributed by atoms with Gasteiger partial charge in [-0.3, -0.25) is 0 Å². The van der Waals surface area contributed by atoms with Crippen molar-refractivity contribution in [2.75, 3.05) is 12.4 Å². The topological polar surface area (TPSA) is 34.1 Å². The fourth-order valence-electron chi connectivity index (χ4n) is 1.19. The van der Waals surface area contributed by atoms with E-state index in [1.165, 1.54) is 11.3 Å². The van der Waals surface area contributed by atoms with Gasteiger partial charge in [-0.05, 0) is 24.3 Å². The van der Waals surface area contributed by atoms with Crippen LogP contribution in [0.4, 0.5) is 5.69 Å². The SMILES string of the molecule is COc1ccc(NCc2cs[c]n2)cc1. The van der Waals surface area contributed by atoms with Gasteiger partial charge in [0, 0.05) is 11.1 Å². The first-order valence-electron chi connectivity index (χ1n) is 4.57. The molecular weight excluding hydrogens is 208 g/mol. The third-order valence-corrected chi connectivity index (χ3v) is 2.59. The summed E-state index contributed by atoms with van der Waals surface area (Å²) in [5.74, 6) is 0.863. The number of benzene rings is 1. The van der Waals surface area contributed by atoms with Crippen LogP contribution in [-0.4, -0.2) is 12.1 Å². The Bertz CT molecular complexity index is 397. The molecule has 1 N–H and O–H groups in total. The summed E-state index contributed by atoms with van der Waals surface area (Å²) in [7, 11) is 1.66. The molecule has 2 rings (SSSR count). The largest absolute Gasteiger partial charge is 0.497 e.